The molecule has 0 saturated heterocycles. The molecule has 2 nitrogen and oxygen atoms in total. The Morgan fingerprint density at radius 3 is 3.08 bits per heavy atom. The highest BCUT2D eigenvalue weighted by Gasteiger charge is 2.26. The van der Waals surface area contributed by atoms with Gasteiger partial charge in [0.15, 0.2) is 0 Å². The summed E-state index contributed by atoms with van der Waals surface area (Å²) >= 11 is 5.12. The minimum atomic E-state index is -0.424. The molecule has 0 radical (unpaired) electrons. The molecular weight excluding hydrogens is 250 g/mol. The van der Waals surface area contributed by atoms with Gasteiger partial charge in [-0.25, -0.2) is 0 Å². The fourth-order valence-corrected chi connectivity index (χ4v) is 3.27. The normalized spacial score (nSPS) is 27.0. The molecule has 0 aliphatic carbocycles. The van der Waals surface area contributed by atoms with Gasteiger partial charge >= 0.3 is 0 Å². The Hall–Kier alpha value is -0.0300. The molecule has 3 N–H and O–H groups in total. The number of nitrogens with two attached hydrogens (primary N) is 1. The van der Waals surface area contributed by atoms with Crippen molar-refractivity contribution in [2.75, 3.05) is 5.75 Å². The first kappa shape index (κ1) is 9.52. The molecule has 1 aliphatic heterocycles. The molecule has 2 atom stereocenters. The lowest BCUT2D eigenvalue weighted by Gasteiger charge is -2.27. The molecule has 70 valence electrons. The highest BCUT2D eigenvalue weighted by atomic mass is 79.9. The largest absolute Gasteiger partial charge is 0.390 e. The van der Waals surface area contributed by atoms with Gasteiger partial charge in [-0.05, 0) is 27.6 Å². The van der Waals surface area contributed by atoms with Gasteiger partial charge in [-0.15, -0.1) is 11.8 Å². The molecule has 0 aromatic heterocycles. The Morgan fingerprint density at radius 2 is 2.31 bits per heavy atom. The third-order valence-electron chi connectivity index (χ3n) is 2.17. The van der Waals surface area contributed by atoms with Crippen molar-refractivity contribution in [1.82, 2.24) is 0 Å². The fourth-order valence-electron chi connectivity index (χ4n) is 1.42. The lowest BCUT2D eigenvalue weighted by Crippen LogP contribution is -2.31. The second-order valence-corrected chi connectivity index (χ2v) is 4.95. The average Bonchev–Trinajstić information content (AvgIpc) is 2.12. The van der Waals surface area contributed by atoms with E-state index in [1.165, 1.54) is 4.90 Å². The van der Waals surface area contributed by atoms with E-state index in [-0.39, 0.29) is 6.04 Å². The van der Waals surface area contributed by atoms with Crippen molar-refractivity contribution < 1.29 is 5.11 Å². The number of halogens is 1. The molecule has 1 aromatic carbocycles. The first-order valence-electron chi connectivity index (χ1n) is 4.05. The molecule has 0 fully saturated rings. The summed E-state index contributed by atoms with van der Waals surface area (Å²) in [5.74, 6) is 0.677. The summed E-state index contributed by atoms with van der Waals surface area (Å²) in [5, 5.41) is 9.55. The van der Waals surface area contributed by atoms with Gasteiger partial charge in [0, 0.05) is 15.1 Å². The zero-order valence-corrected chi connectivity index (χ0v) is 9.31. The summed E-state index contributed by atoms with van der Waals surface area (Å²) in [5.41, 5.74) is 6.91. The van der Waals surface area contributed by atoms with Crippen molar-refractivity contribution in [2.24, 2.45) is 5.73 Å². The van der Waals surface area contributed by atoms with Crippen LogP contribution in [0.1, 0.15) is 11.6 Å². The summed E-state index contributed by atoms with van der Waals surface area (Å²) in [7, 11) is 0. The molecule has 1 aliphatic rings. The zero-order chi connectivity index (χ0) is 9.42. The van der Waals surface area contributed by atoms with Crippen molar-refractivity contribution in [3.63, 3.8) is 0 Å². The predicted molar refractivity (Wildman–Crippen MR) is 57.8 cm³/mol. The van der Waals surface area contributed by atoms with Crippen LogP contribution in [0.3, 0.4) is 0 Å². The van der Waals surface area contributed by atoms with Crippen LogP contribution in [0, 0.1) is 0 Å². The second kappa shape index (κ2) is 3.61. The van der Waals surface area contributed by atoms with Crippen molar-refractivity contribution in [3.05, 3.63) is 28.2 Å². The first-order chi connectivity index (χ1) is 6.20. The maximum Gasteiger partial charge on any atom is 0.0826 e. The summed E-state index contributed by atoms with van der Waals surface area (Å²) in [6, 6.07) is 5.67. The number of fused-ring (bicyclic) bond motifs is 1. The van der Waals surface area contributed by atoms with E-state index in [0.29, 0.717) is 5.75 Å². The molecule has 0 amide bonds. The van der Waals surface area contributed by atoms with Crippen LogP contribution < -0.4 is 5.73 Å². The van der Waals surface area contributed by atoms with Crippen LogP contribution in [0.4, 0.5) is 0 Å². The molecule has 4 heteroatoms. The third kappa shape index (κ3) is 1.64. The zero-order valence-electron chi connectivity index (χ0n) is 6.90. The molecular formula is C9H10BrNOS. The van der Waals surface area contributed by atoms with E-state index in [1.54, 1.807) is 11.8 Å². The number of benzene rings is 1. The predicted octanol–water partition coefficient (Wildman–Crippen LogP) is 1.92. The van der Waals surface area contributed by atoms with Crippen LogP contribution in [0.2, 0.25) is 0 Å². The van der Waals surface area contributed by atoms with E-state index in [4.69, 9.17) is 5.73 Å². The smallest absolute Gasteiger partial charge is 0.0826 e. The van der Waals surface area contributed by atoms with Gasteiger partial charge in [0.25, 0.3) is 0 Å². The van der Waals surface area contributed by atoms with E-state index in [0.717, 1.165) is 10.0 Å². The number of aliphatic hydroxyl groups excluding tert-OH is 1. The third-order valence-corrected chi connectivity index (χ3v) is 4.35. The lowest BCUT2D eigenvalue weighted by atomic mass is 10.0. The maximum absolute atomic E-state index is 9.55. The van der Waals surface area contributed by atoms with Crippen LogP contribution in [-0.2, 0) is 0 Å². The fraction of sp³-hybridized carbons (Fsp3) is 0.333. The standard InChI is InChI=1S/C9H10BrNOS/c10-6-3-1-2-5-8(11)7(12)4-13-9(5)6/h1-3,7-8,12H,4,11H2. The molecule has 0 bridgehead atoms. The van der Waals surface area contributed by atoms with Crippen molar-refractivity contribution in [3.8, 4) is 0 Å². The summed E-state index contributed by atoms with van der Waals surface area (Å²) in [6.07, 6.45) is -0.424. The number of aliphatic hydroxyl groups is 1. The highest BCUT2D eigenvalue weighted by molar-refractivity contribution is 9.10. The Morgan fingerprint density at radius 1 is 1.54 bits per heavy atom. The van der Waals surface area contributed by atoms with Crippen molar-refractivity contribution in [2.45, 2.75) is 17.0 Å². The van der Waals surface area contributed by atoms with Crippen molar-refractivity contribution >= 4 is 27.7 Å². The van der Waals surface area contributed by atoms with E-state index in [2.05, 4.69) is 15.9 Å². The van der Waals surface area contributed by atoms with Gasteiger partial charge in [0.1, 0.15) is 0 Å². The van der Waals surface area contributed by atoms with E-state index in [1.807, 2.05) is 18.2 Å². The number of hydrogen-bond acceptors (Lipinski definition) is 3. The summed E-state index contributed by atoms with van der Waals surface area (Å²) in [4.78, 5) is 1.17. The molecule has 0 saturated carbocycles. The number of thioether (sulfide) groups is 1. The molecule has 1 aromatic rings. The minimum Gasteiger partial charge on any atom is -0.390 e. The highest BCUT2D eigenvalue weighted by Crippen LogP contribution is 2.39. The van der Waals surface area contributed by atoms with Gasteiger partial charge in [-0.3, -0.25) is 0 Å². The minimum absolute atomic E-state index is 0.242. The Balaban J connectivity index is 2.49. The Labute approximate surface area is 89.6 Å². The average molecular weight is 260 g/mol. The number of rotatable bonds is 0. The molecule has 1 heterocycles. The quantitative estimate of drug-likeness (QED) is 0.749. The van der Waals surface area contributed by atoms with E-state index < -0.39 is 6.10 Å². The summed E-state index contributed by atoms with van der Waals surface area (Å²) in [6.45, 7) is 0. The number of hydrogen-bond donors (Lipinski definition) is 2. The van der Waals surface area contributed by atoms with Crippen LogP contribution in [0.15, 0.2) is 27.6 Å². The van der Waals surface area contributed by atoms with Crippen molar-refractivity contribution in [1.29, 1.82) is 0 Å². The van der Waals surface area contributed by atoms with Gasteiger partial charge < -0.3 is 10.8 Å². The van der Waals surface area contributed by atoms with Crippen LogP contribution >= 0.6 is 27.7 Å². The SMILES string of the molecule is NC1c2cccc(Br)c2SCC1O. The van der Waals surface area contributed by atoms with Crippen LogP contribution in [0.5, 0.6) is 0 Å². The first-order valence-corrected chi connectivity index (χ1v) is 5.83. The van der Waals surface area contributed by atoms with Crippen LogP contribution in [-0.4, -0.2) is 17.0 Å². The molecule has 2 rings (SSSR count). The Kier molecular flexibility index (Phi) is 2.65. The van der Waals surface area contributed by atoms with Gasteiger partial charge in [0.05, 0.1) is 12.1 Å². The maximum atomic E-state index is 9.55. The Bertz CT molecular complexity index is 331. The van der Waals surface area contributed by atoms with Gasteiger partial charge in [0.2, 0.25) is 0 Å². The monoisotopic (exact) mass is 259 g/mol. The van der Waals surface area contributed by atoms with Gasteiger partial charge in [-0.2, -0.15) is 0 Å². The second-order valence-electron chi connectivity index (χ2n) is 3.06. The molecule has 0 spiro atoms. The van der Waals surface area contributed by atoms with Crippen LogP contribution in [0.25, 0.3) is 0 Å². The van der Waals surface area contributed by atoms with E-state index >= 15 is 0 Å². The summed E-state index contributed by atoms with van der Waals surface area (Å²) < 4.78 is 1.07. The molecule has 2 unspecified atom stereocenters. The van der Waals surface area contributed by atoms with Gasteiger partial charge in [-0.1, -0.05) is 12.1 Å². The lowest BCUT2D eigenvalue weighted by molar-refractivity contribution is 0.165. The molecule has 13 heavy (non-hydrogen) atoms. The van der Waals surface area contributed by atoms with E-state index in [9.17, 15) is 5.11 Å². The topological polar surface area (TPSA) is 46.2 Å².